The third-order valence-corrected chi connectivity index (χ3v) is 6.35. The van der Waals surface area contributed by atoms with Crippen molar-refractivity contribution in [2.24, 2.45) is 0 Å². The van der Waals surface area contributed by atoms with E-state index < -0.39 is 0 Å². The van der Waals surface area contributed by atoms with E-state index in [1.807, 2.05) is 6.07 Å². The molecule has 0 fully saturated rings. The Kier molecular flexibility index (Phi) is 9.49. The highest BCUT2D eigenvalue weighted by Gasteiger charge is 2.05. The minimum absolute atomic E-state index is 0.609. The maximum absolute atomic E-state index is 6.12. The normalized spacial score (nSPS) is 10.9. The molecule has 0 aliphatic carbocycles. The van der Waals surface area contributed by atoms with E-state index in [1.54, 1.807) is 0 Å². The van der Waals surface area contributed by atoms with E-state index in [1.165, 1.54) is 27.8 Å². The lowest BCUT2D eigenvalue weighted by Crippen LogP contribution is -2.31. The summed E-state index contributed by atoms with van der Waals surface area (Å²) in [7, 11) is 0. The molecule has 0 aliphatic heterocycles. The number of benzene rings is 3. The van der Waals surface area contributed by atoms with Crippen molar-refractivity contribution >= 4 is 0 Å². The molecule has 1 heterocycles. The van der Waals surface area contributed by atoms with Crippen LogP contribution in [0.2, 0.25) is 0 Å². The molecule has 1 N–H and O–H groups in total. The number of hydrogen-bond donors (Lipinski definition) is 1. The fourth-order valence-corrected chi connectivity index (χ4v) is 4.28. The molecule has 4 rings (SSSR count). The van der Waals surface area contributed by atoms with Crippen LogP contribution in [0.15, 0.2) is 103 Å². The fraction of sp³-hybridized carbons (Fsp3) is 0.281. The molecule has 0 unspecified atom stereocenters. The summed E-state index contributed by atoms with van der Waals surface area (Å²) >= 11 is 0. The van der Waals surface area contributed by atoms with E-state index in [9.17, 15) is 0 Å². The van der Waals surface area contributed by atoms with Crippen LogP contribution in [0.5, 0.6) is 5.75 Å². The van der Waals surface area contributed by atoms with E-state index >= 15 is 0 Å². The zero-order valence-corrected chi connectivity index (χ0v) is 20.8. The predicted octanol–water partition coefficient (Wildman–Crippen LogP) is 6.08. The Labute approximate surface area is 210 Å². The van der Waals surface area contributed by atoms with Gasteiger partial charge in [-0.2, -0.15) is 0 Å². The molecule has 0 spiro atoms. The number of ether oxygens (including phenoxy) is 1. The van der Waals surface area contributed by atoms with Crippen LogP contribution in [0.4, 0.5) is 0 Å². The Morgan fingerprint density at radius 3 is 2.26 bits per heavy atom. The molecule has 3 nitrogen and oxygen atoms in total. The van der Waals surface area contributed by atoms with Crippen molar-refractivity contribution < 1.29 is 9.30 Å². The third kappa shape index (κ3) is 8.08. The van der Waals surface area contributed by atoms with Gasteiger partial charge in [-0.05, 0) is 73.5 Å². The summed E-state index contributed by atoms with van der Waals surface area (Å²) in [6, 6.07) is 32.2. The lowest BCUT2D eigenvalue weighted by Gasteiger charge is -2.12. The zero-order chi connectivity index (χ0) is 24.1. The van der Waals surface area contributed by atoms with Gasteiger partial charge in [0.05, 0.1) is 0 Å². The minimum atomic E-state index is 0.609. The number of aryl methyl sites for hydroxylation is 3. The molecule has 0 atom stereocenters. The Bertz CT molecular complexity index is 1160. The van der Waals surface area contributed by atoms with Gasteiger partial charge in [-0.15, -0.1) is 0 Å². The van der Waals surface area contributed by atoms with E-state index in [-0.39, 0.29) is 0 Å². The average molecular weight is 466 g/mol. The first-order valence-corrected chi connectivity index (χ1v) is 12.8. The molecule has 3 heteroatoms. The average Bonchev–Trinajstić information content (AvgIpc) is 2.92. The Morgan fingerprint density at radius 1 is 0.686 bits per heavy atom. The Morgan fingerprint density at radius 2 is 1.43 bits per heavy atom. The van der Waals surface area contributed by atoms with Crippen molar-refractivity contribution in [3.8, 4) is 5.75 Å². The van der Waals surface area contributed by atoms with Crippen LogP contribution in [0.3, 0.4) is 0 Å². The molecule has 0 aliphatic rings. The predicted molar refractivity (Wildman–Crippen MR) is 143 cm³/mol. The second kappa shape index (κ2) is 13.5. The van der Waals surface area contributed by atoms with E-state index in [2.05, 4.69) is 114 Å². The lowest BCUT2D eigenvalue weighted by atomic mass is 10.0. The largest absolute Gasteiger partial charge is 0.489 e. The molecule has 3 aromatic carbocycles. The summed E-state index contributed by atoms with van der Waals surface area (Å²) in [6.45, 7) is 5.69. The van der Waals surface area contributed by atoms with Crippen LogP contribution in [0.1, 0.15) is 41.2 Å². The SMILES string of the molecule is CC[n+]1cccc(CCNCc2ccc(CCCc3ccccc3OCc3ccccc3)cc2)c1. The number of para-hydroxylation sites is 1. The van der Waals surface area contributed by atoms with Gasteiger partial charge in [0.1, 0.15) is 18.9 Å². The van der Waals surface area contributed by atoms with Crippen LogP contribution in [0.25, 0.3) is 0 Å². The van der Waals surface area contributed by atoms with Crippen LogP contribution >= 0.6 is 0 Å². The molecule has 4 aromatic rings. The first-order chi connectivity index (χ1) is 17.3. The highest BCUT2D eigenvalue weighted by Crippen LogP contribution is 2.22. The van der Waals surface area contributed by atoms with Gasteiger partial charge in [0.2, 0.25) is 0 Å². The summed E-state index contributed by atoms with van der Waals surface area (Å²) in [5.41, 5.74) is 6.59. The lowest BCUT2D eigenvalue weighted by molar-refractivity contribution is -0.694. The summed E-state index contributed by atoms with van der Waals surface area (Å²) in [4.78, 5) is 0. The molecule has 0 bridgehead atoms. The van der Waals surface area contributed by atoms with Crippen molar-refractivity contribution in [2.45, 2.75) is 52.3 Å². The van der Waals surface area contributed by atoms with E-state index in [4.69, 9.17) is 4.74 Å². The number of pyridine rings is 1. The molecule has 0 saturated carbocycles. The van der Waals surface area contributed by atoms with Gasteiger partial charge in [0.15, 0.2) is 12.4 Å². The van der Waals surface area contributed by atoms with Gasteiger partial charge >= 0.3 is 0 Å². The van der Waals surface area contributed by atoms with Gasteiger partial charge in [-0.1, -0.05) is 72.8 Å². The van der Waals surface area contributed by atoms with Crippen molar-refractivity contribution in [2.75, 3.05) is 6.54 Å². The topological polar surface area (TPSA) is 25.1 Å². The number of aromatic nitrogens is 1. The molecule has 0 saturated heterocycles. The van der Waals surface area contributed by atoms with Gasteiger partial charge < -0.3 is 10.1 Å². The van der Waals surface area contributed by atoms with Crippen molar-refractivity contribution in [3.63, 3.8) is 0 Å². The second-order valence-electron chi connectivity index (χ2n) is 9.02. The standard InChI is InChI=1S/C32H37N2O/c1-2-34-23-9-13-29(25-34)21-22-33-24-28-19-17-27(18-20-28)12-8-15-31-14-6-7-16-32(31)35-26-30-10-4-3-5-11-30/h3-7,9-11,13-14,16-20,23,25,33H,2,8,12,15,21-22,24,26H2,1H3/q+1. The smallest absolute Gasteiger partial charge is 0.172 e. The summed E-state index contributed by atoms with van der Waals surface area (Å²) in [6.07, 6.45) is 8.62. The second-order valence-corrected chi connectivity index (χ2v) is 9.02. The Balaban J connectivity index is 1.18. The highest BCUT2D eigenvalue weighted by molar-refractivity contribution is 5.34. The first kappa shape index (κ1) is 24.7. The van der Waals surface area contributed by atoms with E-state index in [0.717, 1.165) is 51.1 Å². The van der Waals surface area contributed by atoms with Gasteiger partial charge in [0.25, 0.3) is 0 Å². The molecular weight excluding hydrogens is 428 g/mol. The molecular formula is C32H37N2O+. The van der Waals surface area contributed by atoms with Crippen LogP contribution in [-0.2, 0) is 39.0 Å². The number of nitrogens with zero attached hydrogens (tertiary/aromatic N) is 1. The van der Waals surface area contributed by atoms with Gasteiger partial charge in [-0.25, -0.2) is 4.57 Å². The summed E-state index contributed by atoms with van der Waals surface area (Å²) in [5.74, 6) is 0.998. The molecule has 0 amide bonds. The quantitative estimate of drug-likeness (QED) is 0.191. The van der Waals surface area contributed by atoms with Crippen molar-refractivity contribution in [1.82, 2.24) is 5.32 Å². The molecule has 180 valence electrons. The van der Waals surface area contributed by atoms with Crippen LogP contribution in [-0.4, -0.2) is 6.54 Å². The minimum Gasteiger partial charge on any atom is -0.489 e. The van der Waals surface area contributed by atoms with Gasteiger partial charge in [-0.3, -0.25) is 0 Å². The zero-order valence-electron chi connectivity index (χ0n) is 20.8. The van der Waals surface area contributed by atoms with Crippen LogP contribution in [0, 0.1) is 0 Å². The number of hydrogen-bond acceptors (Lipinski definition) is 2. The number of rotatable bonds is 13. The third-order valence-electron chi connectivity index (χ3n) is 6.35. The summed E-state index contributed by atoms with van der Waals surface area (Å²) in [5, 5.41) is 3.58. The molecule has 0 radical (unpaired) electrons. The Hall–Kier alpha value is -3.43. The monoisotopic (exact) mass is 465 g/mol. The van der Waals surface area contributed by atoms with Crippen LogP contribution < -0.4 is 14.6 Å². The molecule has 35 heavy (non-hydrogen) atoms. The van der Waals surface area contributed by atoms with E-state index in [0.29, 0.717) is 6.61 Å². The number of nitrogens with one attached hydrogen (secondary N) is 1. The highest BCUT2D eigenvalue weighted by atomic mass is 16.5. The first-order valence-electron chi connectivity index (χ1n) is 12.8. The van der Waals surface area contributed by atoms with Gasteiger partial charge in [0, 0.05) is 18.2 Å². The maximum atomic E-state index is 6.12. The van der Waals surface area contributed by atoms with Crippen molar-refractivity contribution in [3.05, 3.63) is 131 Å². The molecule has 1 aromatic heterocycles. The fourth-order valence-electron chi connectivity index (χ4n) is 4.28. The maximum Gasteiger partial charge on any atom is 0.172 e. The summed E-state index contributed by atoms with van der Waals surface area (Å²) < 4.78 is 8.35. The van der Waals surface area contributed by atoms with Crippen molar-refractivity contribution in [1.29, 1.82) is 0 Å².